The number of benzene rings is 1. The third-order valence-electron chi connectivity index (χ3n) is 4.65. The van der Waals surface area contributed by atoms with Crippen LogP contribution >= 0.6 is 0 Å². The lowest BCUT2D eigenvalue weighted by atomic mass is 10.1. The molecule has 1 N–H and O–H groups in total. The van der Waals surface area contributed by atoms with E-state index in [0.29, 0.717) is 30.6 Å². The van der Waals surface area contributed by atoms with Gasteiger partial charge in [0.25, 0.3) is 5.91 Å². The number of hydrogen-bond donors (Lipinski definition) is 1. The Morgan fingerprint density at radius 3 is 2.39 bits per heavy atom. The van der Waals surface area contributed by atoms with Crippen LogP contribution in [-0.2, 0) is 24.3 Å². The van der Waals surface area contributed by atoms with Crippen molar-refractivity contribution in [1.29, 1.82) is 0 Å². The lowest BCUT2D eigenvalue weighted by molar-refractivity contribution is -0.192. The molecule has 0 saturated heterocycles. The first kappa shape index (κ1) is 24.3. The first-order valence-corrected chi connectivity index (χ1v) is 9.43. The molecule has 1 aromatic heterocycles. The van der Waals surface area contributed by atoms with Crippen molar-refractivity contribution in [3.8, 4) is 0 Å². The van der Waals surface area contributed by atoms with Gasteiger partial charge >= 0.3 is 12.1 Å². The van der Waals surface area contributed by atoms with Crippen molar-refractivity contribution in [2.75, 3.05) is 27.2 Å². The SMILES string of the molecule is Cc1ccc(C(=O)N2CCc3ncc(CN(C)C)n3CC2)cc1F.O=C(O)C(F)(F)F. The van der Waals surface area contributed by atoms with Crippen molar-refractivity contribution in [3.05, 3.63) is 52.9 Å². The van der Waals surface area contributed by atoms with Crippen molar-refractivity contribution >= 4 is 11.9 Å². The molecule has 0 fully saturated rings. The highest BCUT2D eigenvalue weighted by molar-refractivity contribution is 5.94. The number of alkyl halides is 3. The molecule has 0 radical (unpaired) electrons. The maximum Gasteiger partial charge on any atom is 0.490 e. The summed E-state index contributed by atoms with van der Waals surface area (Å²) < 4.78 is 47.7. The van der Waals surface area contributed by atoms with Crippen molar-refractivity contribution in [2.24, 2.45) is 0 Å². The smallest absolute Gasteiger partial charge is 0.475 e. The topological polar surface area (TPSA) is 78.7 Å². The molecule has 2 aromatic rings. The molecule has 0 bridgehead atoms. The van der Waals surface area contributed by atoms with Gasteiger partial charge in [0.2, 0.25) is 0 Å². The number of rotatable bonds is 3. The molecular weight excluding hydrogens is 420 g/mol. The summed E-state index contributed by atoms with van der Waals surface area (Å²) in [6, 6.07) is 4.68. The summed E-state index contributed by atoms with van der Waals surface area (Å²) in [5.74, 6) is -2.20. The third-order valence-corrected chi connectivity index (χ3v) is 4.65. The zero-order valence-corrected chi connectivity index (χ0v) is 17.4. The molecule has 3 rings (SSSR count). The Morgan fingerprint density at radius 2 is 1.84 bits per heavy atom. The van der Waals surface area contributed by atoms with Crippen molar-refractivity contribution < 1.29 is 32.3 Å². The number of aryl methyl sites for hydroxylation is 1. The van der Waals surface area contributed by atoms with Gasteiger partial charge in [0.1, 0.15) is 11.6 Å². The average Bonchev–Trinajstić information content (AvgIpc) is 2.91. The maximum atomic E-state index is 13.7. The molecule has 0 aliphatic carbocycles. The molecule has 0 atom stereocenters. The minimum atomic E-state index is -5.08. The van der Waals surface area contributed by atoms with Crippen LogP contribution in [-0.4, -0.2) is 69.7 Å². The summed E-state index contributed by atoms with van der Waals surface area (Å²) in [6.45, 7) is 4.45. The zero-order chi connectivity index (χ0) is 23.3. The number of carbonyl (C=O) groups is 2. The molecule has 0 unspecified atom stereocenters. The van der Waals surface area contributed by atoms with E-state index in [0.717, 1.165) is 24.6 Å². The molecule has 11 heteroatoms. The Kier molecular flexibility index (Phi) is 7.77. The quantitative estimate of drug-likeness (QED) is 0.737. The Bertz CT molecular complexity index is 941. The number of carboxylic acid groups (broad SMARTS) is 1. The van der Waals surface area contributed by atoms with Gasteiger partial charge in [0.15, 0.2) is 0 Å². The predicted octanol–water partition coefficient (Wildman–Crippen LogP) is 2.72. The summed E-state index contributed by atoms with van der Waals surface area (Å²) in [6.07, 6.45) is -2.45. The second kappa shape index (κ2) is 9.90. The molecular formula is C20H24F4N4O3. The largest absolute Gasteiger partial charge is 0.490 e. The monoisotopic (exact) mass is 444 g/mol. The fraction of sp³-hybridized carbons (Fsp3) is 0.450. The number of hydrogen-bond acceptors (Lipinski definition) is 4. The molecule has 0 saturated carbocycles. The number of aliphatic carboxylic acids is 1. The van der Waals surface area contributed by atoms with Gasteiger partial charge in [0.05, 0.1) is 5.69 Å². The number of aromatic nitrogens is 2. The summed E-state index contributed by atoms with van der Waals surface area (Å²) >= 11 is 0. The van der Waals surface area contributed by atoms with Crippen LogP contribution in [0.25, 0.3) is 0 Å². The van der Waals surface area contributed by atoms with E-state index in [1.165, 1.54) is 6.07 Å². The van der Waals surface area contributed by atoms with Gasteiger partial charge in [-0.25, -0.2) is 14.2 Å². The van der Waals surface area contributed by atoms with Gasteiger partial charge in [-0.05, 0) is 38.7 Å². The predicted molar refractivity (Wildman–Crippen MR) is 104 cm³/mol. The average molecular weight is 444 g/mol. The number of carboxylic acids is 1. The molecule has 2 heterocycles. The fourth-order valence-corrected chi connectivity index (χ4v) is 3.06. The normalized spacial score (nSPS) is 13.9. The van der Waals surface area contributed by atoms with E-state index < -0.39 is 12.1 Å². The number of amides is 1. The van der Waals surface area contributed by atoms with Crippen LogP contribution in [0.4, 0.5) is 17.6 Å². The highest BCUT2D eigenvalue weighted by Gasteiger charge is 2.38. The summed E-state index contributed by atoms with van der Waals surface area (Å²) in [5, 5.41) is 7.12. The van der Waals surface area contributed by atoms with Crippen molar-refractivity contribution in [1.82, 2.24) is 19.4 Å². The van der Waals surface area contributed by atoms with Gasteiger partial charge in [-0.2, -0.15) is 13.2 Å². The molecule has 1 aliphatic heterocycles. The molecule has 1 amide bonds. The van der Waals surface area contributed by atoms with Gasteiger partial charge < -0.3 is 19.5 Å². The summed E-state index contributed by atoms with van der Waals surface area (Å²) in [5.41, 5.74) is 2.12. The van der Waals surface area contributed by atoms with E-state index in [2.05, 4.69) is 14.5 Å². The molecule has 7 nitrogen and oxygen atoms in total. The number of imidazole rings is 1. The molecule has 170 valence electrons. The van der Waals surface area contributed by atoms with Gasteiger partial charge in [0, 0.05) is 44.4 Å². The first-order chi connectivity index (χ1) is 14.4. The molecule has 31 heavy (non-hydrogen) atoms. The van der Waals surface area contributed by atoms with Crippen LogP contribution in [0, 0.1) is 12.7 Å². The van der Waals surface area contributed by atoms with E-state index >= 15 is 0 Å². The second-order valence-electron chi connectivity index (χ2n) is 7.36. The van der Waals surface area contributed by atoms with E-state index in [9.17, 15) is 22.4 Å². The number of halogens is 4. The van der Waals surface area contributed by atoms with Crippen LogP contribution in [0.2, 0.25) is 0 Å². The highest BCUT2D eigenvalue weighted by atomic mass is 19.4. The summed E-state index contributed by atoms with van der Waals surface area (Å²) in [7, 11) is 4.05. The first-order valence-electron chi connectivity index (χ1n) is 9.43. The van der Waals surface area contributed by atoms with Gasteiger partial charge in [-0.3, -0.25) is 4.79 Å². The van der Waals surface area contributed by atoms with Crippen LogP contribution in [0.15, 0.2) is 24.4 Å². The van der Waals surface area contributed by atoms with Crippen LogP contribution in [0.1, 0.15) is 27.4 Å². The minimum Gasteiger partial charge on any atom is -0.475 e. The van der Waals surface area contributed by atoms with Crippen molar-refractivity contribution in [3.63, 3.8) is 0 Å². The minimum absolute atomic E-state index is 0.117. The van der Waals surface area contributed by atoms with E-state index in [4.69, 9.17) is 9.90 Å². The lowest BCUT2D eigenvalue weighted by Gasteiger charge is -2.20. The standard InChI is InChI=1S/C18H23FN4O.C2HF3O2/c1-13-4-5-14(10-16(13)19)18(24)22-7-6-17-20-11-15(12-21(2)3)23(17)9-8-22;3-2(4,5)1(6)7/h4-5,10-11H,6-9,12H2,1-3H3;(H,6,7). The Labute approximate surface area is 176 Å². The molecule has 0 spiro atoms. The van der Waals surface area contributed by atoms with Crippen LogP contribution < -0.4 is 0 Å². The fourth-order valence-electron chi connectivity index (χ4n) is 3.06. The van der Waals surface area contributed by atoms with E-state index in [1.807, 2.05) is 20.3 Å². The number of fused-ring (bicyclic) bond motifs is 1. The Morgan fingerprint density at radius 1 is 1.19 bits per heavy atom. The Hall–Kier alpha value is -2.95. The second-order valence-corrected chi connectivity index (χ2v) is 7.36. The molecule has 1 aromatic carbocycles. The van der Waals surface area contributed by atoms with Crippen molar-refractivity contribution in [2.45, 2.75) is 32.6 Å². The van der Waals surface area contributed by atoms with E-state index in [-0.39, 0.29) is 11.7 Å². The zero-order valence-electron chi connectivity index (χ0n) is 17.4. The van der Waals surface area contributed by atoms with Crippen LogP contribution in [0.5, 0.6) is 0 Å². The molecule has 1 aliphatic rings. The Balaban J connectivity index is 0.000000423. The number of nitrogens with zero attached hydrogens (tertiary/aromatic N) is 4. The third kappa shape index (κ3) is 6.51. The maximum absolute atomic E-state index is 13.7. The van der Waals surface area contributed by atoms with Crippen LogP contribution in [0.3, 0.4) is 0 Å². The summed E-state index contributed by atoms with van der Waals surface area (Å²) in [4.78, 5) is 30.0. The number of carbonyl (C=O) groups excluding carboxylic acids is 1. The van der Waals surface area contributed by atoms with Gasteiger partial charge in [-0.15, -0.1) is 0 Å². The van der Waals surface area contributed by atoms with Gasteiger partial charge in [-0.1, -0.05) is 6.07 Å². The lowest BCUT2D eigenvalue weighted by Crippen LogP contribution is -2.33. The highest BCUT2D eigenvalue weighted by Crippen LogP contribution is 2.16. The van der Waals surface area contributed by atoms with E-state index in [1.54, 1.807) is 24.0 Å².